The van der Waals surface area contributed by atoms with Crippen molar-refractivity contribution in [2.24, 2.45) is 0 Å². The molecule has 35 heavy (non-hydrogen) atoms. The standard InChI is InChI=1S/C26H33N3O5S/c1-19-16-21(17-20(2)25(19)34-18-24(30)28-12-4-3-5-13-28)26(31)27-22-8-10-23(11-9-22)35(32,33)29-14-6-7-15-29/h8-11,16-17H,3-7,12-15,18H2,1-2H3,(H,27,31). The van der Waals surface area contributed by atoms with Gasteiger partial charge < -0.3 is 15.0 Å². The summed E-state index contributed by atoms with van der Waals surface area (Å²) in [6, 6.07) is 9.71. The Morgan fingerprint density at radius 1 is 0.886 bits per heavy atom. The molecule has 2 aromatic rings. The fourth-order valence-corrected chi connectivity index (χ4v) is 6.19. The van der Waals surface area contributed by atoms with Crippen molar-refractivity contribution in [3.8, 4) is 5.75 Å². The van der Waals surface area contributed by atoms with Gasteiger partial charge in [-0.3, -0.25) is 9.59 Å². The van der Waals surface area contributed by atoms with Gasteiger partial charge in [0.05, 0.1) is 4.90 Å². The van der Waals surface area contributed by atoms with Gasteiger partial charge in [0.2, 0.25) is 10.0 Å². The Morgan fingerprint density at radius 2 is 1.46 bits per heavy atom. The van der Waals surface area contributed by atoms with Gasteiger partial charge in [0, 0.05) is 37.4 Å². The Bertz CT molecular complexity index is 1160. The van der Waals surface area contributed by atoms with Crippen molar-refractivity contribution < 1.29 is 22.7 Å². The normalized spacial score (nSPS) is 16.8. The molecular weight excluding hydrogens is 466 g/mol. The first kappa shape index (κ1) is 25.2. The Morgan fingerprint density at radius 3 is 2.06 bits per heavy atom. The molecule has 2 heterocycles. The molecule has 0 saturated carbocycles. The summed E-state index contributed by atoms with van der Waals surface area (Å²) in [5, 5.41) is 2.82. The van der Waals surface area contributed by atoms with E-state index in [4.69, 9.17) is 4.74 Å². The first-order chi connectivity index (χ1) is 16.8. The topological polar surface area (TPSA) is 96.0 Å². The lowest BCUT2D eigenvalue weighted by atomic mass is 10.0. The van der Waals surface area contributed by atoms with Crippen LogP contribution in [0.2, 0.25) is 0 Å². The van der Waals surface area contributed by atoms with Crippen LogP contribution in [0.3, 0.4) is 0 Å². The van der Waals surface area contributed by atoms with Crippen LogP contribution in [0.15, 0.2) is 41.3 Å². The third-order valence-corrected chi connectivity index (χ3v) is 8.50. The van der Waals surface area contributed by atoms with Crippen molar-refractivity contribution in [1.29, 1.82) is 0 Å². The van der Waals surface area contributed by atoms with E-state index in [0.29, 0.717) is 30.1 Å². The molecule has 4 rings (SSSR count). The molecular formula is C26H33N3O5S. The van der Waals surface area contributed by atoms with Crippen LogP contribution in [0.25, 0.3) is 0 Å². The number of sulfonamides is 1. The van der Waals surface area contributed by atoms with E-state index in [2.05, 4.69) is 5.32 Å². The van der Waals surface area contributed by atoms with Crippen LogP contribution in [0, 0.1) is 13.8 Å². The quantitative estimate of drug-likeness (QED) is 0.626. The van der Waals surface area contributed by atoms with Crippen LogP contribution in [0.4, 0.5) is 5.69 Å². The fourth-order valence-electron chi connectivity index (χ4n) is 4.67. The summed E-state index contributed by atoms with van der Waals surface area (Å²) in [4.78, 5) is 27.4. The Hall–Kier alpha value is -2.91. The van der Waals surface area contributed by atoms with Gasteiger partial charge in [0.25, 0.3) is 11.8 Å². The maximum atomic E-state index is 12.9. The van der Waals surface area contributed by atoms with Crippen LogP contribution in [-0.4, -0.2) is 62.2 Å². The highest BCUT2D eigenvalue weighted by Crippen LogP contribution is 2.26. The second-order valence-corrected chi connectivity index (χ2v) is 11.2. The minimum atomic E-state index is -3.49. The summed E-state index contributed by atoms with van der Waals surface area (Å²) < 4.78 is 32.7. The summed E-state index contributed by atoms with van der Waals surface area (Å²) in [7, 11) is -3.49. The van der Waals surface area contributed by atoms with Crippen molar-refractivity contribution in [3.05, 3.63) is 53.1 Å². The number of ether oxygens (including phenoxy) is 1. The van der Waals surface area contributed by atoms with E-state index < -0.39 is 10.0 Å². The lowest BCUT2D eigenvalue weighted by Crippen LogP contribution is -2.38. The fraction of sp³-hybridized carbons (Fsp3) is 0.462. The lowest BCUT2D eigenvalue weighted by molar-refractivity contribution is -0.134. The molecule has 9 heteroatoms. The van der Waals surface area contributed by atoms with Crippen LogP contribution in [0.1, 0.15) is 53.6 Å². The van der Waals surface area contributed by atoms with E-state index >= 15 is 0 Å². The number of carbonyl (C=O) groups excluding carboxylic acids is 2. The molecule has 0 atom stereocenters. The predicted molar refractivity (Wildman–Crippen MR) is 134 cm³/mol. The van der Waals surface area contributed by atoms with E-state index in [1.54, 1.807) is 24.3 Å². The third kappa shape index (κ3) is 5.85. The van der Waals surface area contributed by atoms with Gasteiger partial charge in [0.15, 0.2) is 6.61 Å². The molecule has 2 fully saturated rings. The van der Waals surface area contributed by atoms with Crippen molar-refractivity contribution in [1.82, 2.24) is 9.21 Å². The Balaban J connectivity index is 1.39. The molecule has 0 bridgehead atoms. The first-order valence-corrected chi connectivity index (χ1v) is 13.6. The molecule has 0 aliphatic carbocycles. The highest BCUT2D eigenvalue weighted by molar-refractivity contribution is 7.89. The molecule has 0 unspecified atom stereocenters. The number of nitrogens with zero attached hydrogens (tertiary/aromatic N) is 2. The van der Waals surface area contributed by atoms with Crippen molar-refractivity contribution >= 4 is 27.5 Å². The molecule has 1 N–H and O–H groups in total. The van der Waals surface area contributed by atoms with Crippen LogP contribution < -0.4 is 10.1 Å². The van der Waals surface area contributed by atoms with Crippen molar-refractivity contribution in [2.45, 2.75) is 50.8 Å². The van der Waals surface area contributed by atoms with E-state index in [1.807, 2.05) is 18.7 Å². The number of piperidine rings is 1. The molecule has 0 aromatic heterocycles. The summed E-state index contributed by atoms with van der Waals surface area (Å²) in [5.74, 6) is 0.297. The smallest absolute Gasteiger partial charge is 0.260 e. The Kier molecular flexibility index (Phi) is 7.76. The Labute approximate surface area is 207 Å². The van der Waals surface area contributed by atoms with Gasteiger partial charge in [-0.1, -0.05) is 0 Å². The van der Waals surface area contributed by atoms with Gasteiger partial charge in [-0.15, -0.1) is 0 Å². The predicted octanol–water partition coefficient (Wildman–Crippen LogP) is 3.73. The van der Waals surface area contributed by atoms with E-state index in [-0.39, 0.29) is 23.3 Å². The SMILES string of the molecule is Cc1cc(C(=O)Nc2ccc(S(=O)(=O)N3CCCC3)cc2)cc(C)c1OCC(=O)N1CCCCC1. The number of likely N-dealkylation sites (tertiary alicyclic amines) is 1. The average molecular weight is 500 g/mol. The lowest BCUT2D eigenvalue weighted by Gasteiger charge is -2.26. The largest absolute Gasteiger partial charge is 0.483 e. The van der Waals surface area contributed by atoms with Gasteiger partial charge in [-0.25, -0.2) is 8.42 Å². The number of aryl methyl sites for hydroxylation is 2. The highest BCUT2D eigenvalue weighted by Gasteiger charge is 2.27. The van der Waals surface area contributed by atoms with Gasteiger partial charge >= 0.3 is 0 Å². The zero-order valence-corrected chi connectivity index (χ0v) is 21.2. The summed E-state index contributed by atoms with van der Waals surface area (Å²) in [6.07, 6.45) is 4.99. The summed E-state index contributed by atoms with van der Waals surface area (Å²) in [5.41, 5.74) is 2.52. The zero-order valence-electron chi connectivity index (χ0n) is 20.4. The number of anilines is 1. The second kappa shape index (κ2) is 10.8. The molecule has 2 aromatic carbocycles. The second-order valence-electron chi connectivity index (χ2n) is 9.26. The van der Waals surface area contributed by atoms with E-state index in [9.17, 15) is 18.0 Å². The average Bonchev–Trinajstić information content (AvgIpc) is 3.40. The van der Waals surface area contributed by atoms with Crippen LogP contribution >= 0.6 is 0 Å². The zero-order chi connectivity index (χ0) is 25.0. The number of hydrogen-bond donors (Lipinski definition) is 1. The highest BCUT2D eigenvalue weighted by atomic mass is 32.2. The van der Waals surface area contributed by atoms with Gasteiger partial charge in [-0.05, 0) is 93.5 Å². The first-order valence-electron chi connectivity index (χ1n) is 12.2. The maximum Gasteiger partial charge on any atom is 0.260 e. The van der Waals surface area contributed by atoms with E-state index in [0.717, 1.165) is 56.3 Å². The summed E-state index contributed by atoms with van der Waals surface area (Å²) >= 11 is 0. The molecule has 2 aliphatic heterocycles. The molecule has 8 nitrogen and oxygen atoms in total. The molecule has 2 saturated heterocycles. The van der Waals surface area contributed by atoms with Crippen molar-refractivity contribution in [3.63, 3.8) is 0 Å². The maximum absolute atomic E-state index is 12.9. The van der Waals surface area contributed by atoms with E-state index in [1.165, 1.54) is 16.4 Å². The van der Waals surface area contributed by atoms with Crippen LogP contribution in [-0.2, 0) is 14.8 Å². The molecule has 2 aliphatic rings. The third-order valence-electron chi connectivity index (χ3n) is 6.59. The molecule has 0 spiro atoms. The molecule has 188 valence electrons. The number of amides is 2. The van der Waals surface area contributed by atoms with Gasteiger partial charge in [0.1, 0.15) is 5.75 Å². The minimum absolute atomic E-state index is 0.0134. The number of nitrogens with one attached hydrogen (secondary N) is 1. The molecule has 0 radical (unpaired) electrons. The number of carbonyl (C=O) groups is 2. The minimum Gasteiger partial charge on any atom is -0.483 e. The number of benzene rings is 2. The molecule has 2 amide bonds. The van der Waals surface area contributed by atoms with Crippen molar-refractivity contribution in [2.75, 3.05) is 38.1 Å². The monoisotopic (exact) mass is 499 g/mol. The summed E-state index contributed by atoms with van der Waals surface area (Å²) in [6.45, 7) is 6.34. The number of hydrogen-bond acceptors (Lipinski definition) is 5. The number of rotatable bonds is 7. The van der Waals surface area contributed by atoms with Gasteiger partial charge in [-0.2, -0.15) is 4.31 Å². The van der Waals surface area contributed by atoms with Crippen LogP contribution in [0.5, 0.6) is 5.75 Å².